The van der Waals surface area contributed by atoms with Crippen LogP contribution >= 0.6 is 0 Å². The second-order valence-electron chi connectivity index (χ2n) is 7.02. The van der Waals surface area contributed by atoms with Gasteiger partial charge >= 0.3 is 0 Å². The Morgan fingerprint density at radius 3 is 2.77 bits per heavy atom. The Morgan fingerprint density at radius 1 is 1.27 bits per heavy atom. The van der Waals surface area contributed by atoms with Crippen LogP contribution < -0.4 is 10.1 Å². The van der Waals surface area contributed by atoms with Crippen molar-refractivity contribution in [2.45, 2.75) is 39.0 Å². The fourth-order valence-electron chi connectivity index (χ4n) is 2.52. The number of fused-ring (bicyclic) bond motifs is 1. The maximum Gasteiger partial charge on any atom is 0.227 e. The molecule has 0 saturated heterocycles. The Hall–Kier alpha value is -2.96. The largest absolute Gasteiger partial charge is 0.496 e. The summed E-state index contributed by atoms with van der Waals surface area (Å²) in [5, 5.41) is 7.71. The van der Waals surface area contributed by atoms with E-state index in [4.69, 9.17) is 9.26 Å². The van der Waals surface area contributed by atoms with Gasteiger partial charge in [-0.25, -0.2) is 0 Å². The molecule has 2 heterocycles. The average molecular weight is 354 g/mol. The first-order valence-electron chi connectivity index (χ1n) is 8.43. The highest BCUT2D eigenvalue weighted by molar-refractivity contribution is 6.01. The number of benzene rings is 1. The van der Waals surface area contributed by atoms with Crippen LogP contribution in [0, 0.1) is 0 Å². The Balaban J connectivity index is 1.69. The fraction of sp³-hybridized carbons (Fsp3) is 0.368. The zero-order valence-corrected chi connectivity index (χ0v) is 15.4. The molecule has 0 unspecified atom stereocenters. The van der Waals surface area contributed by atoms with Gasteiger partial charge < -0.3 is 14.6 Å². The third-order valence-corrected chi connectivity index (χ3v) is 3.93. The second-order valence-corrected chi connectivity index (χ2v) is 7.02. The van der Waals surface area contributed by atoms with Crippen LogP contribution in [-0.2, 0) is 16.6 Å². The summed E-state index contributed by atoms with van der Waals surface area (Å²) >= 11 is 0. The number of rotatable bonds is 5. The number of nitrogens with one attached hydrogen (secondary N) is 1. The Kier molecular flexibility index (Phi) is 4.88. The second kappa shape index (κ2) is 7.11. The SMILES string of the molecule is COc1ccnc2c(NC(=O)CCc3nc(C(C)(C)C)no3)cccc12. The summed E-state index contributed by atoms with van der Waals surface area (Å²) in [5.41, 5.74) is 1.15. The molecule has 0 radical (unpaired) electrons. The molecule has 7 heteroatoms. The van der Waals surface area contributed by atoms with Gasteiger partial charge in [0.15, 0.2) is 5.82 Å². The molecule has 136 valence electrons. The topological polar surface area (TPSA) is 90.1 Å². The zero-order chi connectivity index (χ0) is 18.7. The van der Waals surface area contributed by atoms with Crippen molar-refractivity contribution in [1.82, 2.24) is 15.1 Å². The molecule has 0 aliphatic carbocycles. The number of carbonyl (C=O) groups excluding carboxylic acids is 1. The molecule has 3 rings (SSSR count). The molecule has 1 aromatic carbocycles. The summed E-state index contributed by atoms with van der Waals surface area (Å²) in [6.07, 6.45) is 2.28. The molecule has 0 aliphatic heterocycles. The smallest absolute Gasteiger partial charge is 0.227 e. The Morgan fingerprint density at radius 2 is 2.08 bits per heavy atom. The highest BCUT2D eigenvalue weighted by atomic mass is 16.5. The van der Waals surface area contributed by atoms with E-state index in [2.05, 4.69) is 20.4 Å². The molecular weight excluding hydrogens is 332 g/mol. The van der Waals surface area contributed by atoms with E-state index in [-0.39, 0.29) is 17.7 Å². The number of amides is 1. The van der Waals surface area contributed by atoms with E-state index in [1.54, 1.807) is 19.4 Å². The molecule has 0 aliphatic rings. The van der Waals surface area contributed by atoms with Gasteiger partial charge in [-0.15, -0.1) is 0 Å². The number of pyridine rings is 1. The molecular formula is C19H22N4O3. The predicted molar refractivity (Wildman–Crippen MR) is 98.2 cm³/mol. The summed E-state index contributed by atoms with van der Waals surface area (Å²) in [6, 6.07) is 7.37. The molecule has 7 nitrogen and oxygen atoms in total. The van der Waals surface area contributed by atoms with Gasteiger partial charge in [-0.05, 0) is 18.2 Å². The molecule has 0 atom stereocenters. The van der Waals surface area contributed by atoms with Crippen LogP contribution in [0.25, 0.3) is 10.9 Å². The molecule has 3 aromatic rings. The zero-order valence-electron chi connectivity index (χ0n) is 15.4. The minimum atomic E-state index is -0.183. The number of para-hydroxylation sites is 1. The van der Waals surface area contributed by atoms with Gasteiger partial charge in [0.1, 0.15) is 5.75 Å². The maximum atomic E-state index is 12.3. The van der Waals surface area contributed by atoms with Crippen molar-refractivity contribution in [1.29, 1.82) is 0 Å². The number of carbonyl (C=O) groups is 1. The number of ether oxygens (including phenoxy) is 1. The summed E-state index contributed by atoms with van der Waals surface area (Å²) < 4.78 is 10.6. The van der Waals surface area contributed by atoms with E-state index >= 15 is 0 Å². The van der Waals surface area contributed by atoms with E-state index in [9.17, 15) is 4.79 Å². The van der Waals surface area contributed by atoms with Crippen molar-refractivity contribution in [2.75, 3.05) is 12.4 Å². The summed E-state index contributed by atoms with van der Waals surface area (Å²) in [7, 11) is 1.61. The average Bonchev–Trinajstić information content (AvgIpc) is 3.09. The van der Waals surface area contributed by atoms with E-state index in [1.165, 1.54) is 0 Å². The first kappa shape index (κ1) is 17.8. The lowest BCUT2D eigenvalue weighted by Crippen LogP contribution is -2.14. The predicted octanol–water partition coefficient (Wildman–Crippen LogP) is 3.50. The lowest BCUT2D eigenvalue weighted by atomic mass is 9.96. The molecule has 0 fully saturated rings. The fourth-order valence-corrected chi connectivity index (χ4v) is 2.52. The quantitative estimate of drug-likeness (QED) is 0.754. The van der Waals surface area contributed by atoms with Crippen molar-refractivity contribution in [2.24, 2.45) is 0 Å². The van der Waals surface area contributed by atoms with Crippen molar-refractivity contribution in [3.8, 4) is 5.75 Å². The highest BCUT2D eigenvalue weighted by Crippen LogP contribution is 2.28. The molecule has 1 N–H and O–H groups in total. The number of aromatic nitrogens is 3. The van der Waals surface area contributed by atoms with Gasteiger partial charge in [0, 0.05) is 29.8 Å². The third-order valence-electron chi connectivity index (χ3n) is 3.93. The van der Waals surface area contributed by atoms with Gasteiger partial charge in [0.05, 0.1) is 18.3 Å². The lowest BCUT2D eigenvalue weighted by molar-refractivity contribution is -0.116. The van der Waals surface area contributed by atoms with Crippen LogP contribution in [0.4, 0.5) is 5.69 Å². The normalized spacial score (nSPS) is 11.5. The van der Waals surface area contributed by atoms with Crippen LogP contribution in [0.1, 0.15) is 38.9 Å². The van der Waals surface area contributed by atoms with Gasteiger partial charge in [-0.2, -0.15) is 4.98 Å². The molecule has 1 amide bonds. The summed E-state index contributed by atoms with van der Waals surface area (Å²) in [5.74, 6) is 1.67. The van der Waals surface area contributed by atoms with Gasteiger partial charge in [-0.3, -0.25) is 9.78 Å². The maximum absolute atomic E-state index is 12.3. The van der Waals surface area contributed by atoms with Crippen LogP contribution in [0.5, 0.6) is 5.75 Å². The van der Waals surface area contributed by atoms with Crippen LogP contribution in [0.2, 0.25) is 0 Å². The number of anilines is 1. The number of nitrogens with zero attached hydrogens (tertiary/aromatic N) is 3. The Bertz CT molecular complexity index is 928. The van der Waals surface area contributed by atoms with Gasteiger partial charge in [-0.1, -0.05) is 32.0 Å². The van der Waals surface area contributed by atoms with E-state index in [0.717, 1.165) is 5.39 Å². The number of methoxy groups -OCH3 is 1. The van der Waals surface area contributed by atoms with Crippen molar-refractivity contribution in [3.63, 3.8) is 0 Å². The van der Waals surface area contributed by atoms with E-state index in [1.807, 2.05) is 39.0 Å². The van der Waals surface area contributed by atoms with E-state index in [0.29, 0.717) is 35.1 Å². The van der Waals surface area contributed by atoms with Crippen LogP contribution in [0.15, 0.2) is 35.0 Å². The van der Waals surface area contributed by atoms with Gasteiger partial charge in [0.25, 0.3) is 0 Å². The lowest BCUT2D eigenvalue weighted by Gasteiger charge is -2.11. The van der Waals surface area contributed by atoms with Crippen molar-refractivity contribution in [3.05, 3.63) is 42.2 Å². The third kappa shape index (κ3) is 3.82. The first-order chi connectivity index (χ1) is 12.4. The monoisotopic (exact) mass is 354 g/mol. The molecule has 26 heavy (non-hydrogen) atoms. The van der Waals surface area contributed by atoms with Crippen molar-refractivity contribution >= 4 is 22.5 Å². The number of aryl methyl sites for hydroxylation is 1. The minimum Gasteiger partial charge on any atom is -0.496 e. The molecule has 2 aromatic heterocycles. The molecule has 0 saturated carbocycles. The van der Waals surface area contributed by atoms with Crippen molar-refractivity contribution < 1.29 is 14.1 Å². The Labute approximate surface area is 151 Å². The van der Waals surface area contributed by atoms with Crippen LogP contribution in [0.3, 0.4) is 0 Å². The summed E-state index contributed by atoms with van der Waals surface area (Å²) in [6.45, 7) is 6.03. The minimum absolute atomic E-state index is 0.141. The molecule has 0 spiro atoms. The standard InChI is InChI=1S/C19H22N4O3/c1-19(2,3)18-22-16(26-23-18)9-8-15(24)21-13-7-5-6-12-14(25-4)10-11-20-17(12)13/h5-7,10-11H,8-9H2,1-4H3,(H,21,24). The number of hydrogen-bond acceptors (Lipinski definition) is 6. The van der Waals surface area contributed by atoms with Crippen LogP contribution in [-0.4, -0.2) is 28.1 Å². The highest BCUT2D eigenvalue weighted by Gasteiger charge is 2.21. The van der Waals surface area contributed by atoms with Gasteiger partial charge in [0.2, 0.25) is 11.8 Å². The van der Waals surface area contributed by atoms with E-state index < -0.39 is 0 Å². The molecule has 0 bridgehead atoms. The summed E-state index contributed by atoms with van der Waals surface area (Å²) in [4.78, 5) is 21.0. The number of hydrogen-bond donors (Lipinski definition) is 1. The first-order valence-corrected chi connectivity index (χ1v) is 8.43.